The van der Waals surface area contributed by atoms with Crippen LogP contribution >= 0.6 is 0 Å². The third-order valence-corrected chi connectivity index (χ3v) is 5.09. The van der Waals surface area contributed by atoms with Crippen LogP contribution in [0.15, 0.2) is 78.0 Å². The lowest BCUT2D eigenvalue weighted by molar-refractivity contribution is -0.138. The van der Waals surface area contributed by atoms with Crippen LogP contribution in [0.25, 0.3) is 0 Å². The van der Waals surface area contributed by atoms with Gasteiger partial charge < -0.3 is 25.8 Å². The van der Waals surface area contributed by atoms with Crippen molar-refractivity contribution in [2.75, 3.05) is 23.7 Å². The van der Waals surface area contributed by atoms with Crippen molar-refractivity contribution in [3.63, 3.8) is 0 Å². The van der Waals surface area contributed by atoms with Crippen molar-refractivity contribution in [3.8, 4) is 5.75 Å². The van der Waals surface area contributed by atoms with Crippen LogP contribution in [-0.2, 0) is 4.79 Å². The van der Waals surface area contributed by atoms with Gasteiger partial charge in [-0.05, 0) is 48.9 Å². The Morgan fingerprint density at radius 1 is 1.09 bits per heavy atom. The van der Waals surface area contributed by atoms with Gasteiger partial charge in [0.2, 0.25) is 0 Å². The number of guanidine groups is 1. The van der Waals surface area contributed by atoms with Crippen LogP contribution in [0.4, 0.5) is 11.4 Å². The number of carbonyl (C=O) groups is 2. The summed E-state index contributed by atoms with van der Waals surface area (Å²) in [7, 11) is 0. The van der Waals surface area contributed by atoms with Crippen LogP contribution in [0.3, 0.4) is 0 Å². The number of carboxylic acids is 1. The predicted octanol–water partition coefficient (Wildman–Crippen LogP) is 3.69. The maximum Gasteiger partial charge on any atom is 0.307 e. The van der Waals surface area contributed by atoms with E-state index in [4.69, 9.17) is 4.74 Å². The number of hydrogen-bond acceptors (Lipinski definition) is 7. The Morgan fingerprint density at radius 2 is 1.94 bits per heavy atom. The maximum atomic E-state index is 12.7. The number of carboxylic acid groups (broad SMARTS) is 1. The predicted molar refractivity (Wildman–Crippen MR) is 129 cm³/mol. The first-order chi connectivity index (χ1) is 16.6. The van der Waals surface area contributed by atoms with Crippen molar-refractivity contribution >= 4 is 29.2 Å². The molecule has 1 amide bonds. The molecule has 0 radical (unpaired) electrons. The first-order valence-electron chi connectivity index (χ1n) is 10.9. The van der Waals surface area contributed by atoms with Crippen molar-refractivity contribution in [1.29, 1.82) is 0 Å². The first-order valence-corrected chi connectivity index (χ1v) is 10.9. The van der Waals surface area contributed by atoms with Gasteiger partial charge in [-0.1, -0.05) is 12.1 Å². The SMILES string of the molecule is O=C(O)CC(Oc1cccc(NC(=O)c2ccc(NC3=NCCCN3)cc2)c1)c1cccnc1. The van der Waals surface area contributed by atoms with Crippen molar-refractivity contribution < 1.29 is 19.4 Å². The highest BCUT2D eigenvalue weighted by Gasteiger charge is 2.18. The molecule has 4 rings (SSSR count). The van der Waals surface area contributed by atoms with Crippen molar-refractivity contribution in [2.45, 2.75) is 18.9 Å². The molecule has 1 aromatic heterocycles. The summed E-state index contributed by atoms with van der Waals surface area (Å²) >= 11 is 0. The number of ether oxygens (including phenoxy) is 1. The van der Waals surface area contributed by atoms with Crippen LogP contribution < -0.4 is 20.7 Å². The fraction of sp³-hybridized carbons (Fsp3) is 0.200. The number of hydrogen-bond donors (Lipinski definition) is 4. The molecular weight excluding hydrogens is 434 g/mol. The fourth-order valence-corrected chi connectivity index (χ4v) is 3.43. The molecule has 1 atom stereocenters. The van der Waals surface area contributed by atoms with Gasteiger partial charge in [0.25, 0.3) is 5.91 Å². The van der Waals surface area contributed by atoms with E-state index in [-0.39, 0.29) is 12.3 Å². The van der Waals surface area contributed by atoms with Crippen molar-refractivity contribution in [1.82, 2.24) is 10.3 Å². The lowest BCUT2D eigenvalue weighted by atomic mass is 10.1. The van der Waals surface area contributed by atoms with Crippen LogP contribution in [0.1, 0.15) is 34.9 Å². The topological polar surface area (TPSA) is 125 Å². The average molecular weight is 460 g/mol. The Balaban J connectivity index is 1.40. The zero-order valence-electron chi connectivity index (χ0n) is 18.4. The van der Waals surface area contributed by atoms with E-state index in [1.165, 1.54) is 0 Å². The minimum Gasteiger partial charge on any atom is -0.485 e. The molecule has 0 saturated carbocycles. The number of aliphatic carboxylic acids is 1. The minimum absolute atomic E-state index is 0.218. The van der Waals surface area contributed by atoms with Gasteiger partial charge in [-0.2, -0.15) is 0 Å². The maximum absolute atomic E-state index is 12.7. The van der Waals surface area contributed by atoms with Gasteiger partial charge in [-0.3, -0.25) is 19.6 Å². The summed E-state index contributed by atoms with van der Waals surface area (Å²) < 4.78 is 5.93. The molecule has 9 heteroatoms. The van der Waals surface area contributed by atoms with Crippen LogP contribution in [-0.4, -0.2) is 41.0 Å². The molecule has 0 aliphatic carbocycles. The quantitative estimate of drug-likeness (QED) is 0.405. The number of nitrogens with zero attached hydrogens (tertiary/aromatic N) is 2. The molecule has 34 heavy (non-hydrogen) atoms. The zero-order chi connectivity index (χ0) is 23.8. The largest absolute Gasteiger partial charge is 0.485 e. The third-order valence-electron chi connectivity index (χ3n) is 5.09. The number of nitrogens with one attached hydrogen (secondary N) is 3. The summed E-state index contributed by atoms with van der Waals surface area (Å²) in [4.78, 5) is 32.4. The van der Waals surface area contributed by atoms with Gasteiger partial charge in [-0.25, -0.2) is 0 Å². The molecule has 1 aliphatic rings. The van der Waals surface area contributed by atoms with Gasteiger partial charge in [-0.15, -0.1) is 0 Å². The number of rotatable bonds is 8. The molecule has 0 spiro atoms. The molecule has 4 N–H and O–H groups in total. The highest BCUT2D eigenvalue weighted by atomic mass is 16.5. The highest BCUT2D eigenvalue weighted by Crippen LogP contribution is 2.27. The normalized spacial score (nSPS) is 13.7. The standard InChI is InChI=1S/C25H25N5O4/c31-23(32)15-22(18-4-2-11-26-16-18)34-21-6-1-5-20(14-21)29-24(33)17-7-9-19(10-8-17)30-25-27-12-3-13-28-25/h1-2,4-11,14,16,22H,3,12-13,15H2,(H,29,33)(H,31,32)(H2,27,28,30). The zero-order valence-corrected chi connectivity index (χ0v) is 18.4. The van der Waals surface area contributed by atoms with E-state index < -0.39 is 12.1 Å². The smallest absolute Gasteiger partial charge is 0.307 e. The molecule has 3 aromatic rings. The van der Waals surface area contributed by atoms with Gasteiger partial charge in [0.05, 0.1) is 6.42 Å². The fourth-order valence-electron chi connectivity index (χ4n) is 3.43. The third kappa shape index (κ3) is 6.32. The van der Waals surface area contributed by atoms with Gasteiger partial charge in [0.15, 0.2) is 5.96 Å². The summed E-state index contributed by atoms with van der Waals surface area (Å²) in [6.45, 7) is 1.67. The van der Waals surface area contributed by atoms with E-state index in [2.05, 4.69) is 25.9 Å². The molecule has 9 nitrogen and oxygen atoms in total. The van der Waals surface area contributed by atoms with E-state index in [0.29, 0.717) is 22.6 Å². The summed E-state index contributed by atoms with van der Waals surface area (Å²) in [5.41, 5.74) is 2.52. The molecule has 174 valence electrons. The highest BCUT2D eigenvalue weighted by molar-refractivity contribution is 6.04. The number of pyridine rings is 1. The van der Waals surface area contributed by atoms with E-state index in [9.17, 15) is 14.7 Å². The summed E-state index contributed by atoms with van der Waals surface area (Å²) in [5, 5.41) is 18.5. The Hall–Kier alpha value is -4.40. The number of aromatic nitrogens is 1. The van der Waals surface area contributed by atoms with Gasteiger partial charge >= 0.3 is 5.97 Å². The summed E-state index contributed by atoms with van der Waals surface area (Å²) in [5.74, 6) is -0.0882. The minimum atomic E-state index is -0.984. The second-order valence-corrected chi connectivity index (χ2v) is 7.69. The molecule has 1 unspecified atom stereocenters. The molecule has 2 heterocycles. The Morgan fingerprint density at radius 3 is 2.65 bits per heavy atom. The van der Waals surface area contributed by atoms with Gasteiger partial charge in [0.1, 0.15) is 11.9 Å². The van der Waals surface area contributed by atoms with E-state index >= 15 is 0 Å². The number of carbonyl (C=O) groups excluding carboxylic acids is 1. The lowest BCUT2D eigenvalue weighted by Gasteiger charge is -2.18. The molecule has 2 aromatic carbocycles. The molecule has 0 saturated heterocycles. The van der Waals surface area contributed by atoms with Crippen molar-refractivity contribution in [2.24, 2.45) is 4.99 Å². The monoisotopic (exact) mass is 459 g/mol. The molecule has 0 bridgehead atoms. The molecular formula is C25H25N5O4. The second kappa shape index (κ2) is 11.0. The summed E-state index contributed by atoms with van der Waals surface area (Å²) in [6, 6.07) is 17.4. The first kappa shape index (κ1) is 22.8. The van der Waals surface area contributed by atoms with Gasteiger partial charge in [0, 0.05) is 54.1 Å². The Bertz CT molecular complexity index is 1170. The van der Waals surface area contributed by atoms with Crippen LogP contribution in [0.5, 0.6) is 5.75 Å². The number of anilines is 2. The lowest BCUT2D eigenvalue weighted by Crippen LogP contribution is -2.35. The van der Waals surface area contributed by atoms with Crippen molar-refractivity contribution in [3.05, 3.63) is 84.2 Å². The van der Waals surface area contributed by atoms with Crippen LogP contribution in [0.2, 0.25) is 0 Å². The molecule has 1 aliphatic heterocycles. The van der Waals surface area contributed by atoms with Crippen LogP contribution in [0, 0.1) is 0 Å². The second-order valence-electron chi connectivity index (χ2n) is 7.69. The van der Waals surface area contributed by atoms with E-state index in [1.54, 1.807) is 60.9 Å². The number of aliphatic imine (C=N–C) groups is 1. The molecule has 0 fully saturated rings. The Kier molecular flexibility index (Phi) is 7.34. The van der Waals surface area contributed by atoms with E-state index in [0.717, 1.165) is 31.2 Å². The number of amides is 1. The summed E-state index contributed by atoms with van der Waals surface area (Å²) in [6.07, 6.45) is 3.28. The Labute approximate surface area is 196 Å². The number of benzene rings is 2. The average Bonchev–Trinajstić information content (AvgIpc) is 2.85. The van der Waals surface area contributed by atoms with E-state index in [1.807, 2.05) is 12.1 Å².